The van der Waals surface area contributed by atoms with Gasteiger partial charge in [0, 0.05) is 12.1 Å². The maximum Gasteiger partial charge on any atom is 0.573 e. The lowest BCUT2D eigenvalue weighted by atomic mass is 10.00. The summed E-state index contributed by atoms with van der Waals surface area (Å²) in [5, 5.41) is 7.66. The van der Waals surface area contributed by atoms with Crippen LogP contribution in [-0.2, 0) is 17.6 Å². The monoisotopic (exact) mass is 622 g/mol. The molecule has 5 rings (SSSR count). The Balaban J connectivity index is 1.15. The number of para-hydroxylation sites is 1. The van der Waals surface area contributed by atoms with Gasteiger partial charge in [0.25, 0.3) is 0 Å². The van der Waals surface area contributed by atoms with Crippen LogP contribution in [-0.4, -0.2) is 50.5 Å². The van der Waals surface area contributed by atoms with E-state index in [1.807, 2.05) is 62.4 Å². The number of nitrogens with zero attached hydrogens (tertiary/aromatic N) is 5. The second-order valence-electron chi connectivity index (χ2n) is 10.1. The number of hydrogen-bond donors (Lipinski definition) is 1. The van der Waals surface area contributed by atoms with E-state index in [9.17, 15) is 22.8 Å². The van der Waals surface area contributed by atoms with Crippen LogP contribution >= 0.6 is 11.8 Å². The van der Waals surface area contributed by atoms with Crippen LogP contribution in [0, 0.1) is 5.92 Å². The van der Waals surface area contributed by atoms with E-state index in [-0.39, 0.29) is 23.3 Å². The normalized spacial score (nSPS) is 15.1. The Hall–Kier alpha value is -4.65. The predicted octanol–water partition coefficient (Wildman–Crippen LogP) is 6.42. The molecule has 0 spiro atoms. The summed E-state index contributed by atoms with van der Waals surface area (Å²) in [5.74, 6) is 0.394. The lowest BCUT2D eigenvalue weighted by Crippen LogP contribution is -2.33. The van der Waals surface area contributed by atoms with Crippen molar-refractivity contribution in [2.24, 2.45) is 10.9 Å². The Labute approximate surface area is 256 Å². The molecule has 0 radical (unpaired) electrons. The van der Waals surface area contributed by atoms with E-state index in [0.717, 1.165) is 28.8 Å². The summed E-state index contributed by atoms with van der Waals surface area (Å²) < 4.78 is 42.6. The minimum atomic E-state index is -4.75. The highest BCUT2D eigenvalue weighted by Gasteiger charge is 2.32. The summed E-state index contributed by atoms with van der Waals surface area (Å²) in [7, 11) is 0. The fraction of sp³-hybridized carbons (Fsp3) is 0.258. The third kappa shape index (κ3) is 7.64. The smallest absolute Gasteiger partial charge is 0.406 e. The van der Waals surface area contributed by atoms with Crippen molar-refractivity contribution in [3.63, 3.8) is 0 Å². The quantitative estimate of drug-likeness (QED) is 0.231. The van der Waals surface area contributed by atoms with Crippen LogP contribution in [0.3, 0.4) is 0 Å². The van der Waals surface area contributed by atoms with Crippen LogP contribution in [0.5, 0.6) is 5.75 Å². The first-order valence-electron chi connectivity index (χ1n) is 13.9. The number of aromatic nitrogens is 3. The van der Waals surface area contributed by atoms with Crippen LogP contribution in [0.4, 0.5) is 23.7 Å². The van der Waals surface area contributed by atoms with Crippen molar-refractivity contribution in [3.8, 4) is 22.8 Å². The Morgan fingerprint density at radius 2 is 1.82 bits per heavy atom. The van der Waals surface area contributed by atoms with Crippen molar-refractivity contribution in [1.29, 1.82) is 0 Å². The Morgan fingerprint density at radius 3 is 2.52 bits per heavy atom. The number of carbonyl (C=O) groups is 2. The molecule has 1 aliphatic rings. The molecular weight excluding hydrogens is 593 g/mol. The number of carbonyl (C=O) groups excluding carboxylic acids is 2. The van der Waals surface area contributed by atoms with Gasteiger partial charge in [0.1, 0.15) is 12.1 Å². The molecule has 1 fully saturated rings. The average molecular weight is 623 g/mol. The molecule has 1 atom stereocenters. The molecule has 1 N–H and O–H groups in total. The Bertz CT molecular complexity index is 1660. The van der Waals surface area contributed by atoms with Gasteiger partial charge in [-0.1, -0.05) is 68.1 Å². The molecule has 1 aromatic heterocycles. The number of ether oxygens (including phenoxy) is 1. The van der Waals surface area contributed by atoms with Crippen LogP contribution in [0.15, 0.2) is 84.1 Å². The maximum atomic E-state index is 12.7. The zero-order valence-corrected chi connectivity index (χ0v) is 24.7. The van der Waals surface area contributed by atoms with Gasteiger partial charge in [-0.2, -0.15) is 4.99 Å². The summed E-state index contributed by atoms with van der Waals surface area (Å²) in [6.07, 6.45) is -1.81. The van der Waals surface area contributed by atoms with E-state index in [0.29, 0.717) is 29.6 Å². The van der Waals surface area contributed by atoms with Crippen molar-refractivity contribution in [2.75, 3.05) is 17.2 Å². The van der Waals surface area contributed by atoms with E-state index >= 15 is 0 Å². The van der Waals surface area contributed by atoms with Gasteiger partial charge in [0.2, 0.25) is 5.91 Å². The standard InChI is InChI=1S/C31H29F3N6O3S/c1-3-22-6-4-5-7-26(22)40-27(41)18-44-30(40)37-29(42)35-17-20(2)16-21-8-10-23(11-9-21)28-36-19-39(38-28)24-12-14-25(15-13-24)43-31(32,33)34/h4-15,19-20H,3,16-18H2,1-2H3,(H,35,42). The third-order valence-corrected chi connectivity index (χ3v) is 7.72. The number of thioether (sulfide) groups is 1. The maximum absolute atomic E-state index is 12.7. The first-order chi connectivity index (χ1) is 21.1. The van der Waals surface area contributed by atoms with Gasteiger partial charge in [0.15, 0.2) is 11.0 Å². The Kier molecular flexibility index (Phi) is 9.33. The molecular formula is C31H29F3N6O3S. The topological polar surface area (TPSA) is 102 Å². The number of aliphatic imine (C=N–C) groups is 1. The number of nitrogens with one attached hydrogen (secondary N) is 1. The van der Waals surface area contributed by atoms with E-state index < -0.39 is 12.4 Å². The molecule has 228 valence electrons. The number of amides is 3. The van der Waals surface area contributed by atoms with Gasteiger partial charge in [-0.05, 0) is 60.2 Å². The van der Waals surface area contributed by atoms with E-state index in [4.69, 9.17) is 0 Å². The number of hydrogen-bond acceptors (Lipinski definition) is 6. The van der Waals surface area contributed by atoms with Gasteiger partial charge >= 0.3 is 12.4 Å². The molecule has 13 heteroatoms. The number of rotatable bonds is 9. The molecule has 3 aromatic carbocycles. The van der Waals surface area contributed by atoms with E-state index in [1.54, 1.807) is 0 Å². The first kappa shape index (κ1) is 30.8. The van der Waals surface area contributed by atoms with Gasteiger partial charge in [-0.15, -0.1) is 18.3 Å². The highest BCUT2D eigenvalue weighted by molar-refractivity contribution is 8.15. The van der Waals surface area contributed by atoms with Crippen LogP contribution in [0.2, 0.25) is 0 Å². The van der Waals surface area contributed by atoms with E-state index in [1.165, 1.54) is 51.9 Å². The first-order valence-corrected chi connectivity index (χ1v) is 14.9. The molecule has 1 saturated heterocycles. The zero-order chi connectivity index (χ0) is 31.3. The van der Waals surface area contributed by atoms with Crippen LogP contribution < -0.4 is 15.0 Å². The fourth-order valence-corrected chi connectivity index (χ4v) is 5.54. The minimum Gasteiger partial charge on any atom is -0.406 e. The lowest BCUT2D eigenvalue weighted by Gasteiger charge is -2.19. The number of amidine groups is 1. The summed E-state index contributed by atoms with van der Waals surface area (Å²) >= 11 is 1.25. The summed E-state index contributed by atoms with van der Waals surface area (Å²) in [4.78, 5) is 35.3. The molecule has 0 saturated carbocycles. The average Bonchev–Trinajstić information content (AvgIpc) is 3.63. The van der Waals surface area contributed by atoms with Gasteiger partial charge < -0.3 is 10.1 Å². The van der Waals surface area contributed by atoms with Crippen molar-refractivity contribution in [2.45, 2.75) is 33.1 Å². The van der Waals surface area contributed by atoms with Gasteiger partial charge in [0.05, 0.1) is 17.1 Å². The van der Waals surface area contributed by atoms with Gasteiger partial charge in [-0.3, -0.25) is 9.69 Å². The van der Waals surface area contributed by atoms with Crippen molar-refractivity contribution in [3.05, 3.63) is 90.3 Å². The lowest BCUT2D eigenvalue weighted by molar-refractivity contribution is -0.274. The second-order valence-corrected chi connectivity index (χ2v) is 11.1. The number of alkyl halides is 3. The highest BCUT2D eigenvalue weighted by Crippen LogP contribution is 2.30. The van der Waals surface area contributed by atoms with Crippen molar-refractivity contribution in [1.82, 2.24) is 20.1 Å². The summed E-state index contributed by atoms with van der Waals surface area (Å²) in [6.45, 7) is 4.44. The molecule has 0 aliphatic carbocycles. The molecule has 3 amide bonds. The molecule has 44 heavy (non-hydrogen) atoms. The van der Waals surface area contributed by atoms with Gasteiger partial charge in [-0.25, -0.2) is 14.5 Å². The number of aryl methyl sites for hydroxylation is 1. The zero-order valence-electron chi connectivity index (χ0n) is 23.9. The third-order valence-electron chi connectivity index (χ3n) is 6.80. The SMILES string of the molecule is CCc1ccccc1N1C(=O)CSC1=NC(=O)NCC(C)Cc1ccc(-c2ncn(-c3ccc(OC(F)(F)F)cc3)n2)cc1. The molecule has 1 aliphatic heterocycles. The van der Waals surface area contributed by atoms with Crippen LogP contribution in [0.25, 0.3) is 17.1 Å². The van der Waals surface area contributed by atoms with E-state index in [2.05, 4.69) is 25.1 Å². The number of halogens is 3. The number of benzene rings is 3. The highest BCUT2D eigenvalue weighted by atomic mass is 32.2. The largest absolute Gasteiger partial charge is 0.573 e. The minimum absolute atomic E-state index is 0.102. The predicted molar refractivity (Wildman–Crippen MR) is 163 cm³/mol. The molecule has 1 unspecified atom stereocenters. The van der Waals surface area contributed by atoms with Crippen LogP contribution in [0.1, 0.15) is 25.0 Å². The molecule has 2 heterocycles. The Morgan fingerprint density at radius 1 is 1.09 bits per heavy atom. The fourth-order valence-electron chi connectivity index (χ4n) is 4.68. The molecule has 0 bridgehead atoms. The number of urea groups is 1. The molecule has 9 nitrogen and oxygen atoms in total. The number of anilines is 1. The second kappa shape index (κ2) is 13.3. The summed E-state index contributed by atoms with van der Waals surface area (Å²) in [5.41, 5.74) is 4.13. The molecule has 4 aromatic rings. The summed E-state index contributed by atoms with van der Waals surface area (Å²) in [6, 6.07) is 20.2. The van der Waals surface area contributed by atoms with Crippen molar-refractivity contribution >= 4 is 34.6 Å². The van der Waals surface area contributed by atoms with Crippen molar-refractivity contribution < 1.29 is 27.5 Å².